The minimum absolute atomic E-state index is 0.0334. The Morgan fingerprint density at radius 1 is 1.12 bits per heavy atom. The summed E-state index contributed by atoms with van der Waals surface area (Å²) >= 11 is 0.992. The fourth-order valence-corrected chi connectivity index (χ4v) is 3.71. The lowest BCUT2D eigenvalue weighted by Gasteiger charge is -2.19. The monoisotopic (exact) mass is 483 g/mol. The molecule has 1 aliphatic heterocycles. The second-order valence-electron chi connectivity index (χ2n) is 7.01. The van der Waals surface area contributed by atoms with Crippen LogP contribution < -0.4 is 36.1 Å². The van der Waals surface area contributed by atoms with Crippen LogP contribution in [0, 0.1) is 0 Å². The number of hydrogen-bond donors (Lipinski definition) is 4. The normalized spacial score (nSPS) is 12.0. The summed E-state index contributed by atoms with van der Waals surface area (Å²) in [5, 5.41) is 5.34. The van der Waals surface area contributed by atoms with Gasteiger partial charge < -0.3 is 30.6 Å². The molecule has 3 aromatic rings. The molecule has 11 nitrogen and oxygen atoms in total. The first-order valence-corrected chi connectivity index (χ1v) is 11.1. The first kappa shape index (κ1) is 23.0. The highest BCUT2D eigenvalue weighted by Gasteiger charge is 2.16. The van der Waals surface area contributed by atoms with Crippen molar-refractivity contribution in [1.82, 2.24) is 9.97 Å². The summed E-state index contributed by atoms with van der Waals surface area (Å²) in [5.74, 6) is 0.725. The van der Waals surface area contributed by atoms with Gasteiger partial charge in [-0.1, -0.05) is 11.8 Å². The van der Waals surface area contributed by atoms with E-state index in [1.54, 1.807) is 42.5 Å². The van der Waals surface area contributed by atoms with E-state index in [0.717, 1.165) is 11.8 Å². The van der Waals surface area contributed by atoms with Crippen LogP contribution in [0.15, 0.2) is 52.4 Å². The maximum atomic E-state index is 12.5. The minimum atomic E-state index is -0.635. The average Bonchev–Trinajstić information content (AvgIpc) is 2.85. The van der Waals surface area contributed by atoms with Crippen LogP contribution in [-0.4, -0.2) is 47.9 Å². The number of nitrogen functional groups attached to an aromatic ring is 1. The Balaban J connectivity index is 1.36. The highest BCUT2D eigenvalue weighted by Crippen LogP contribution is 2.32. The van der Waals surface area contributed by atoms with E-state index in [4.69, 9.17) is 19.9 Å². The molecule has 0 radical (unpaired) electrons. The van der Waals surface area contributed by atoms with Gasteiger partial charge in [-0.2, -0.15) is 0 Å². The van der Waals surface area contributed by atoms with Crippen molar-refractivity contribution in [2.24, 2.45) is 0 Å². The van der Waals surface area contributed by atoms with Crippen LogP contribution in [0.3, 0.4) is 0 Å². The largest absolute Gasteiger partial charge is 0.497 e. The van der Waals surface area contributed by atoms with Crippen molar-refractivity contribution in [2.75, 3.05) is 42.4 Å². The standard InChI is InChI=1S/C22H21N5O6S/c1-31-14-5-2-12(3-6-14)20(29)25-18-19(23)26-22(27-21(18)30)34-11-17(28)24-13-4-7-15-16(10-13)33-9-8-32-15/h2-7,10H,8-9,11H2,1H3,(H,24,28)(H,25,29)(H3,23,26,27,30). The van der Waals surface area contributed by atoms with Crippen LogP contribution in [0.2, 0.25) is 0 Å². The number of benzene rings is 2. The Kier molecular flexibility index (Phi) is 6.87. The third kappa shape index (κ3) is 5.41. The number of carbonyl (C=O) groups excluding carboxylic acids is 2. The van der Waals surface area contributed by atoms with Crippen LogP contribution in [-0.2, 0) is 4.79 Å². The topological polar surface area (TPSA) is 158 Å². The SMILES string of the molecule is COc1ccc(C(=O)Nc2c(N)nc(SCC(=O)Nc3ccc4c(c3)OCCO4)[nH]c2=O)cc1. The number of H-pyrrole nitrogens is 1. The van der Waals surface area contributed by atoms with Gasteiger partial charge in [0.2, 0.25) is 5.91 Å². The molecule has 12 heteroatoms. The minimum Gasteiger partial charge on any atom is -0.497 e. The van der Waals surface area contributed by atoms with E-state index in [1.165, 1.54) is 7.11 Å². The Bertz CT molecular complexity index is 1280. The fourth-order valence-electron chi connectivity index (χ4n) is 3.04. The average molecular weight is 484 g/mol. The van der Waals surface area contributed by atoms with E-state index in [2.05, 4.69) is 20.6 Å². The number of thioether (sulfide) groups is 1. The molecule has 0 atom stereocenters. The zero-order valence-electron chi connectivity index (χ0n) is 18.0. The number of nitrogens with two attached hydrogens (primary N) is 1. The number of anilines is 3. The smallest absolute Gasteiger partial charge is 0.277 e. The maximum absolute atomic E-state index is 12.5. The molecular formula is C22H21N5O6S. The lowest BCUT2D eigenvalue weighted by molar-refractivity contribution is -0.113. The van der Waals surface area contributed by atoms with Crippen LogP contribution in [0.1, 0.15) is 10.4 Å². The van der Waals surface area contributed by atoms with E-state index < -0.39 is 11.5 Å². The van der Waals surface area contributed by atoms with E-state index in [9.17, 15) is 14.4 Å². The molecule has 1 aliphatic rings. The lowest BCUT2D eigenvalue weighted by atomic mass is 10.2. The summed E-state index contributed by atoms with van der Waals surface area (Å²) in [5.41, 5.74) is 5.94. The van der Waals surface area contributed by atoms with Gasteiger partial charge in [-0.3, -0.25) is 19.4 Å². The van der Waals surface area contributed by atoms with Crippen LogP contribution in [0.4, 0.5) is 17.2 Å². The molecule has 0 aliphatic carbocycles. The van der Waals surface area contributed by atoms with Crippen molar-refractivity contribution in [3.05, 3.63) is 58.4 Å². The zero-order chi connectivity index (χ0) is 24.1. The third-order valence-corrected chi connectivity index (χ3v) is 5.56. The Morgan fingerprint density at radius 2 is 1.85 bits per heavy atom. The number of carbonyl (C=O) groups is 2. The van der Waals surface area contributed by atoms with Gasteiger partial charge in [-0.05, 0) is 36.4 Å². The second-order valence-corrected chi connectivity index (χ2v) is 7.97. The van der Waals surface area contributed by atoms with Crippen molar-refractivity contribution in [2.45, 2.75) is 5.16 Å². The highest BCUT2D eigenvalue weighted by molar-refractivity contribution is 7.99. The molecular weight excluding hydrogens is 462 g/mol. The molecule has 0 spiro atoms. The van der Waals surface area contributed by atoms with Gasteiger partial charge in [-0.25, -0.2) is 4.98 Å². The van der Waals surface area contributed by atoms with Gasteiger partial charge in [0.25, 0.3) is 11.5 Å². The zero-order valence-corrected chi connectivity index (χ0v) is 18.9. The Hall–Kier alpha value is -4.19. The number of methoxy groups -OCH3 is 1. The van der Waals surface area contributed by atoms with Gasteiger partial charge in [-0.15, -0.1) is 0 Å². The summed E-state index contributed by atoms with van der Waals surface area (Å²) in [6.45, 7) is 0.922. The number of hydrogen-bond acceptors (Lipinski definition) is 9. The van der Waals surface area contributed by atoms with E-state index in [-0.39, 0.29) is 28.3 Å². The number of fused-ring (bicyclic) bond motifs is 1. The summed E-state index contributed by atoms with van der Waals surface area (Å²) in [6, 6.07) is 11.4. The number of rotatable bonds is 7. The summed E-state index contributed by atoms with van der Waals surface area (Å²) in [4.78, 5) is 43.8. The van der Waals surface area contributed by atoms with Crippen molar-refractivity contribution < 1.29 is 23.8 Å². The fraction of sp³-hybridized carbons (Fsp3) is 0.182. The number of nitrogens with one attached hydrogen (secondary N) is 3. The predicted octanol–water partition coefficient (Wildman–Crippen LogP) is 2.11. The van der Waals surface area contributed by atoms with Gasteiger partial charge >= 0.3 is 0 Å². The molecule has 5 N–H and O–H groups in total. The number of ether oxygens (including phenoxy) is 3. The molecule has 2 heterocycles. The molecule has 0 unspecified atom stereocenters. The molecule has 0 saturated carbocycles. The number of aromatic nitrogens is 2. The summed E-state index contributed by atoms with van der Waals surface area (Å²) in [6.07, 6.45) is 0. The number of aromatic amines is 1. The lowest BCUT2D eigenvalue weighted by Crippen LogP contribution is -2.23. The molecule has 2 aromatic carbocycles. The van der Waals surface area contributed by atoms with Gasteiger partial charge in [0.15, 0.2) is 22.5 Å². The summed E-state index contributed by atoms with van der Waals surface area (Å²) in [7, 11) is 1.52. The van der Waals surface area contributed by atoms with Gasteiger partial charge in [0, 0.05) is 17.3 Å². The Labute approximate surface area is 198 Å². The van der Waals surface area contributed by atoms with Crippen LogP contribution in [0.25, 0.3) is 0 Å². The molecule has 0 bridgehead atoms. The van der Waals surface area contributed by atoms with Crippen LogP contribution >= 0.6 is 11.8 Å². The van der Waals surface area contributed by atoms with Gasteiger partial charge in [0.05, 0.1) is 12.9 Å². The molecule has 0 fully saturated rings. The third-order valence-electron chi connectivity index (χ3n) is 4.68. The molecule has 1 aromatic heterocycles. The molecule has 176 valence electrons. The number of amides is 2. The number of nitrogens with zero attached hydrogens (tertiary/aromatic N) is 1. The van der Waals surface area contributed by atoms with E-state index in [1.807, 2.05) is 0 Å². The van der Waals surface area contributed by atoms with Crippen molar-refractivity contribution in [3.63, 3.8) is 0 Å². The predicted molar refractivity (Wildman–Crippen MR) is 127 cm³/mol. The molecule has 4 rings (SSSR count). The van der Waals surface area contributed by atoms with E-state index >= 15 is 0 Å². The molecule has 2 amide bonds. The van der Waals surface area contributed by atoms with E-state index in [0.29, 0.717) is 41.7 Å². The second kappa shape index (κ2) is 10.2. The summed E-state index contributed by atoms with van der Waals surface area (Å²) < 4.78 is 16.0. The maximum Gasteiger partial charge on any atom is 0.277 e. The Morgan fingerprint density at radius 3 is 2.56 bits per heavy atom. The quantitative estimate of drug-likeness (QED) is 0.292. The van der Waals surface area contributed by atoms with Crippen LogP contribution in [0.5, 0.6) is 17.2 Å². The van der Waals surface area contributed by atoms with Crippen molar-refractivity contribution in [1.29, 1.82) is 0 Å². The highest BCUT2D eigenvalue weighted by atomic mass is 32.2. The molecule has 34 heavy (non-hydrogen) atoms. The van der Waals surface area contributed by atoms with Crippen molar-refractivity contribution in [3.8, 4) is 17.2 Å². The van der Waals surface area contributed by atoms with Gasteiger partial charge in [0.1, 0.15) is 24.7 Å². The first-order valence-electron chi connectivity index (χ1n) is 10.1. The first-order chi connectivity index (χ1) is 16.4. The van der Waals surface area contributed by atoms with Crippen molar-refractivity contribution >= 4 is 40.8 Å². The molecule has 0 saturated heterocycles.